The first-order valence-electron chi connectivity index (χ1n) is 4.69. The first-order valence-corrected chi connectivity index (χ1v) is 5.06. The standard InChI is InChI=1S/C9H9ClN4O2/c1-5(2)13-9-6(4-11-13)3-7(14(15)16)8(10)12-9/h3-5H,1-2H3. The van der Waals surface area contributed by atoms with Crippen molar-refractivity contribution in [1.29, 1.82) is 0 Å². The molecule has 0 N–H and O–H groups in total. The van der Waals surface area contributed by atoms with Crippen molar-refractivity contribution in [3.8, 4) is 0 Å². The molecular formula is C9H9ClN4O2. The fraction of sp³-hybridized carbons (Fsp3) is 0.333. The minimum absolute atomic E-state index is 0.111. The van der Waals surface area contributed by atoms with Crippen LogP contribution in [0.1, 0.15) is 19.9 Å². The number of nitro groups is 1. The highest BCUT2D eigenvalue weighted by Crippen LogP contribution is 2.27. The lowest BCUT2D eigenvalue weighted by Crippen LogP contribution is -2.03. The highest BCUT2D eigenvalue weighted by atomic mass is 35.5. The van der Waals surface area contributed by atoms with Gasteiger partial charge in [0.2, 0.25) is 5.15 Å². The smallest absolute Gasteiger partial charge is 0.258 e. The third-order valence-corrected chi connectivity index (χ3v) is 2.47. The van der Waals surface area contributed by atoms with Crippen LogP contribution in [0.5, 0.6) is 0 Å². The molecule has 0 bridgehead atoms. The molecule has 0 spiro atoms. The molecule has 6 nitrogen and oxygen atoms in total. The molecule has 2 heterocycles. The summed E-state index contributed by atoms with van der Waals surface area (Å²) in [6.45, 7) is 3.90. The van der Waals surface area contributed by atoms with Crippen LogP contribution in [-0.2, 0) is 0 Å². The summed E-state index contributed by atoms with van der Waals surface area (Å²) in [5.74, 6) is 0. The Morgan fingerprint density at radius 1 is 1.56 bits per heavy atom. The Morgan fingerprint density at radius 2 is 2.25 bits per heavy atom. The van der Waals surface area contributed by atoms with Crippen LogP contribution in [0.4, 0.5) is 5.69 Å². The average Bonchev–Trinajstić information content (AvgIpc) is 2.58. The number of rotatable bonds is 2. The van der Waals surface area contributed by atoms with Gasteiger partial charge in [-0.05, 0) is 13.8 Å². The molecular weight excluding hydrogens is 232 g/mol. The van der Waals surface area contributed by atoms with Crippen molar-refractivity contribution in [1.82, 2.24) is 14.8 Å². The highest BCUT2D eigenvalue weighted by Gasteiger charge is 2.18. The minimum atomic E-state index is -0.554. The van der Waals surface area contributed by atoms with Gasteiger partial charge in [-0.3, -0.25) is 10.1 Å². The third kappa shape index (κ3) is 1.61. The maximum Gasteiger partial charge on any atom is 0.307 e. The van der Waals surface area contributed by atoms with Crippen LogP contribution < -0.4 is 0 Å². The number of pyridine rings is 1. The fourth-order valence-electron chi connectivity index (χ4n) is 1.45. The highest BCUT2D eigenvalue weighted by molar-refractivity contribution is 6.31. The second-order valence-corrected chi connectivity index (χ2v) is 4.01. The zero-order valence-electron chi connectivity index (χ0n) is 8.72. The van der Waals surface area contributed by atoms with Gasteiger partial charge in [0.05, 0.1) is 11.1 Å². The molecule has 0 atom stereocenters. The second-order valence-electron chi connectivity index (χ2n) is 3.65. The van der Waals surface area contributed by atoms with Crippen LogP contribution in [-0.4, -0.2) is 19.7 Å². The molecule has 84 valence electrons. The zero-order chi connectivity index (χ0) is 11.9. The SMILES string of the molecule is CC(C)n1ncc2cc([N+](=O)[O-])c(Cl)nc21. The van der Waals surface area contributed by atoms with Crippen molar-refractivity contribution >= 4 is 28.3 Å². The van der Waals surface area contributed by atoms with Gasteiger partial charge in [-0.2, -0.15) is 5.10 Å². The monoisotopic (exact) mass is 240 g/mol. The molecule has 2 rings (SSSR count). The second kappa shape index (κ2) is 3.71. The molecule has 2 aromatic rings. The van der Waals surface area contributed by atoms with E-state index in [1.165, 1.54) is 6.07 Å². The Kier molecular flexibility index (Phi) is 2.51. The number of hydrogen-bond donors (Lipinski definition) is 0. The van der Waals surface area contributed by atoms with Crippen molar-refractivity contribution in [2.75, 3.05) is 0 Å². The van der Waals surface area contributed by atoms with Crippen LogP contribution in [0, 0.1) is 10.1 Å². The van der Waals surface area contributed by atoms with Crippen molar-refractivity contribution < 1.29 is 4.92 Å². The van der Waals surface area contributed by atoms with E-state index in [0.29, 0.717) is 11.0 Å². The Morgan fingerprint density at radius 3 is 2.81 bits per heavy atom. The van der Waals surface area contributed by atoms with Crippen molar-refractivity contribution in [3.63, 3.8) is 0 Å². The van der Waals surface area contributed by atoms with E-state index >= 15 is 0 Å². The summed E-state index contributed by atoms with van der Waals surface area (Å²) in [6.07, 6.45) is 1.55. The van der Waals surface area contributed by atoms with E-state index in [2.05, 4.69) is 10.1 Å². The van der Waals surface area contributed by atoms with E-state index in [1.807, 2.05) is 13.8 Å². The van der Waals surface area contributed by atoms with E-state index in [9.17, 15) is 10.1 Å². The number of halogens is 1. The van der Waals surface area contributed by atoms with Gasteiger partial charge in [0, 0.05) is 17.5 Å². The Bertz CT molecular complexity index is 564. The molecule has 0 radical (unpaired) electrons. The van der Waals surface area contributed by atoms with Crippen LogP contribution in [0.2, 0.25) is 5.15 Å². The molecule has 0 fully saturated rings. The molecule has 7 heteroatoms. The lowest BCUT2D eigenvalue weighted by Gasteiger charge is -2.05. The van der Waals surface area contributed by atoms with E-state index in [0.717, 1.165) is 0 Å². The zero-order valence-corrected chi connectivity index (χ0v) is 9.47. The van der Waals surface area contributed by atoms with Gasteiger partial charge in [0.1, 0.15) is 0 Å². The van der Waals surface area contributed by atoms with Gasteiger partial charge in [0.25, 0.3) is 0 Å². The predicted molar refractivity (Wildman–Crippen MR) is 59.6 cm³/mol. The van der Waals surface area contributed by atoms with Crippen molar-refractivity contribution in [2.24, 2.45) is 0 Å². The van der Waals surface area contributed by atoms with Crippen LogP contribution >= 0.6 is 11.6 Å². The van der Waals surface area contributed by atoms with E-state index in [1.54, 1.807) is 10.9 Å². The molecule has 0 aromatic carbocycles. The van der Waals surface area contributed by atoms with Crippen molar-refractivity contribution in [3.05, 3.63) is 27.5 Å². The topological polar surface area (TPSA) is 73.8 Å². The third-order valence-electron chi connectivity index (χ3n) is 2.19. The molecule has 0 saturated heterocycles. The maximum atomic E-state index is 10.7. The lowest BCUT2D eigenvalue weighted by atomic mass is 10.3. The maximum absolute atomic E-state index is 10.7. The van der Waals surface area contributed by atoms with Gasteiger partial charge < -0.3 is 0 Å². The number of hydrogen-bond acceptors (Lipinski definition) is 4. The molecule has 0 saturated carbocycles. The normalized spacial score (nSPS) is 11.2. The van der Waals surface area contributed by atoms with Gasteiger partial charge in [-0.25, -0.2) is 9.67 Å². The van der Waals surface area contributed by atoms with E-state index in [-0.39, 0.29) is 16.9 Å². The van der Waals surface area contributed by atoms with Crippen LogP contribution in [0.25, 0.3) is 11.0 Å². The van der Waals surface area contributed by atoms with Gasteiger partial charge >= 0.3 is 5.69 Å². The lowest BCUT2D eigenvalue weighted by molar-refractivity contribution is -0.384. The molecule has 0 aliphatic carbocycles. The quantitative estimate of drug-likeness (QED) is 0.459. The first-order chi connectivity index (χ1) is 7.50. The van der Waals surface area contributed by atoms with Crippen molar-refractivity contribution in [2.45, 2.75) is 19.9 Å². The number of aromatic nitrogens is 3. The molecule has 0 aliphatic heterocycles. The summed E-state index contributed by atoms with van der Waals surface area (Å²) in [4.78, 5) is 14.1. The Balaban J connectivity index is 2.71. The Labute approximate surface area is 96.0 Å². The summed E-state index contributed by atoms with van der Waals surface area (Å²) >= 11 is 5.74. The van der Waals surface area contributed by atoms with E-state index < -0.39 is 4.92 Å². The predicted octanol–water partition coefficient (Wildman–Crippen LogP) is 2.57. The van der Waals surface area contributed by atoms with Gasteiger partial charge in [-0.1, -0.05) is 11.6 Å². The largest absolute Gasteiger partial charge is 0.307 e. The number of fused-ring (bicyclic) bond motifs is 1. The molecule has 2 aromatic heterocycles. The number of nitrogens with zero attached hydrogens (tertiary/aromatic N) is 4. The molecule has 0 unspecified atom stereocenters. The van der Waals surface area contributed by atoms with Gasteiger partial charge in [0.15, 0.2) is 5.65 Å². The molecule has 0 aliphatic rings. The summed E-state index contributed by atoms with van der Waals surface area (Å²) in [7, 11) is 0. The Hall–Kier alpha value is -1.69. The first kappa shape index (κ1) is 10.8. The minimum Gasteiger partial charge on any atom is -0.258 e. The van der Waals surface area contributed by atoms with E-state index in [4.69, 9.17) is 11.6 Å². The summed E-state index contributed by atoms with van der Waals surface area (Å²) < 4.78 is 1.67. The molecule has 16 heavy (non-hydrogen) atoms. The molecule has 0 amide bonds. The fourth-order valence-corrected chi connectivity index (χ4v) is 1.65. The average molecular weight is 241 g/mol. The summed E-state index contributed by atoms with van der Waals surface area (Å²) in [5.41, 5.74) is 0.364. The summed E-state index contributed by atoms with van der Waals surface area (Å²) in [6, 6.07) is 1.51. The van der Waals surface area contributed by atoms with Crippen LogP contribution in [0.3, 0.4) is 0 Å². The van der Waals surface area contributed by atoms with Crippen LogP contribution in [0.15, 0.2) is 12.3 Å². The van der Waals surface area contributed by atoms with Gasteiger partial charge in [-0.15, -0.1) is 0 Å². The summed E-state index contributed by atoms with van der Waals surface area (Å²) in [5, 5.41) is 15.3.